The van der Waals surface area contributed by atoms with Gasteiger partial charge in [-0.05, 0) is 55.4 Å². The number of esters is 1. The fourth-order valence-corrected chi connectivity index (χ4v) is 4.72. The van der Waals surface area contributed by atoms with Crippen LogP contribution in [0.25, 0.3) is 0 Å². The number of aliphatic carboxylic acids is 1. The van der Waals surface area contributed by atoms with E-state index in [2.05, 4.69) is 25.2 Å². The van der Waals surface area contributed by atoms with Gasteiger partial charge in [-0.15, -0.1) is 0 Å². The number of hydrogen-bond acceptors (Lipinski definition) is 5. The molecular weight excluding hydrogens is 384 g/mol. The van der Waals surface area contributed by atoms with Crippen LogP contribution in [-0.2, 0) is 14.3 Å². The summed E-state index contributed by atoms with van der Waals surface area (Å²) in [6, 6.07) is 0. The van der Waals surface area contributed by atoms with E-state index in [1.54, 1.807) is 6.92 Å². The van der Waals surface area contributed by atoms with Crippen LogP contribution in [-0.4, -0.2) is 45.6 Å². The summed E-state index contributed by atoms with van der Waals surface area (Å²) in [6.45, 7) is 3.36. The summed E-state index contributed by atoms with van der Waals surface area (Å²) in [5.41, 5.74) is 1.07. The first kappa shape index (κ1) is 20.3. The predicted molar refractivity (Wildman–Crippen MR) is 115 cm³/mol. The molecule has 8 unspecified atom stereocenters. The average molecular weight is 426 g/mol. The Labute approximate surface area is 184 Å². The van der Waals surface area contributed by atoms with Crippen molar-refractivity contribution in [1.82, 2.24) is 0 Å². The first-order valence-corrected chi connectivity index (χ1v) is 11.0. The molecule has 0 fully saturated rings. The lowest BCUT2D eigenvalue weighted by atomic mass is 9.65. The summed E-state index contributed by atoms with van der Waals surface area (Å²) in [6.07, 6.45) is 5.28. The highest BCUT2D eigenvalue weighted by Gasteiger charge is 2.41. The summed E-state index contributed by atoms with van der Waals surface area (Å²) in [5.74, 6) is -2.66. The van der Waals surface area contributed by atoms with E-state index >= 15 is 0 Å². The van der Waals surface area contributed by atoms with Crippen LogP contribution in [0.1, 0.15) is 70.3 Å². The van der Waals surface area contributed by atoms with Crippen LogP contribution in [0.15, 0.2) is 23.8 Å². The number of aliphatic hydroxyl groups excluding tert-OH is 2. The van der Waals surface area contributed by atoms with Crippen LogP contribution >= 0.6 is 0 Å². The van der Waals surface area contributed by atoms with Crippen molar-refractivity contribution < 1.29 is 33.8 Å². The van der Waals surface area contributed by atoms with Crippen molar-refractivity contribution in [3.63, 3.8) is 0 Å². The Hall–Kier alpha value is -1.66. The number of ether oxygens (including phenoxy) is 1. The van der Waals surface area contributed by atoms with Gasteiger partial charge in [0.05, 0.1) is 24.5 Å². The van der Waals surface area contributed by atoms with Crippen molar-refractivity contribution >= 4 is 11.9 Å². The molecule has 2 aliphatic rings. The monoisotopic (exact) mass is 425 g/mol. The lowest BCUT2D eigenvalue weighted by molar-refractivity contribution is -0.158. The number of rotatable bonds is 10. The molecule has 0 heterocycles. The van der Waals surface area contributed by atoms with Gasteiger partial charge in [0, 0.05) is 10.0 Å². The van der Waals surface area contributed by atoms with E-state index in [0.717, 1.165) is 5.57 Å². The molecule has 30 heavy (non-hydrogen) atoms. The Morgan fingerprint density at radius 3 is 2.67 bits per heavy atom. The van der Waals surface area contributed by atoms with Crippen LogP contribution in [0, 0.1) is 29.6 Å². The topological polar surface area (TPSA) is 104 Å². The van der Waals surface area contributed by atoms with Gasteiger partial charge in [0.2, 0.25) is 0 Å². The number of carbonyl (C=O) groups excluding carboxylic acids is 1. The number of carboxylic acid groups (broad SMARTS) is 1. The molecule has 8 atom stereocenters. The van der Waals surface area contributed by atoms with Gasteiger partial charge in [0.15, 0.2) is 0 Å². The van der Waals surface area contributed by atoms with E-state index in [9.17, 15) is 19.8 Å². The SMILES string of the molecule is [2H]C([2H])([2H])C(CC)C(=O)OC1CC(C)C=C2C=CC(C)C(CCC(O)CC(O)CC(=O)O)C21. The van der Waals surface area contributed by atoms with Gasteiger partial charge in [-0.3, -0.25) is 9.59 Å². The number of carbonyl (C=O) groups is 2. The van der Waals surface area contributed by atoms with E-state index in [-0.39, 0.29) is 36.5 Å². The Bertz CT molecular complexity index is 747. The first-order valence-electron chi connectivity index (χ1n) is 12.5. The van der Waals surface area contributed by atoms with Gasteiger partial charge in [-0.25, -0.2) is 0 Å². The molecule has 0 aliphatic heterocycles. The summed E-state index contributed by atoms with van der Waals surface area (Å²) in [4.78, 5) is 23.5. The number of hydrogen-bond donors (Lipinski definition) is 3. The number of allylic oxidation sites excluding steroid dienone is 3. The molecule has 6 heteroatoms. The normalized spacial score (nSPS) is 33.2. The molecule has 2 aliphatic carbocycles. The van der Waals surface area contributed by atoms with Crippen molar-refractivity contribution in [1.29, 1.82) is 0 Å². The van der Waals surface area contributed by atoms with E-state index in [1.165, 1.54) is 0 Å². The van der Waals surface area contributed by atoms with E-state index in [1.807, 2.05) is 6.92 Å². The molecule has 0 radical (unpaired) electrons. The van der Waals surface area contributed by atoms with Crippen LogP contribution in [0.3, 0.4) is 0 Å². The molecule has 0 saturated heterocycles. The average Bonchev–Trinajstić information content (AvgIpc) is 2.65. The maximum absolute atomic E-state index is 12.8. The molecule has 2 rings (SSSR count). The zero-order valence-electron chi connectivity index (χ0n) is 21.2. The van der Waals surface area contributed by atoms with Gasteiger partial charge in [0.25, 0.3) is 0 Å². The minimum absolute atomic E-state index is 0.0111. The van der Waals surface area contributed by atoms with Gasteiger partial charge in [-0.2, -0.15) is 0 Å². The molecule has 0 aromatic heterocycles. The van der Waals surface area contributed by atoms with Crippen molar-refractivity contribution in [2.24, 2.45) is 29.6 Å². The number of aliphatic hydroxyl groups is 2. The fourth-order valence-electron chi connectivity index (χ4n) is 4.72. The molecule has 0 spiro atoms. The first-order chi connectivity index (χ1) is 15.3. The molecule has 0 saturated carbocycles. The standard InChI is InChI=1S/C24H38O6/c1-5-15(3)24(29)30-21-11-14(2)10-17-7-6-16(4)20(23(17)21)9-8-18(25)12-19(26)13-22(27)28/h6-7,10,14-16,18-21,23,25-26H,5,8-9,11-13H2,1-4H3,(H,27,28)/i3D3. The van der Waals surface area contributed by atoms with Gasteiger partial charge in [0.1, 0.15) is 6.10 Å². The number of carboxylic acids is 1. The zero-order chi connectivity index (χ0) is 24.9. The maximum Gasteiger partial charge on any atom is 0.308 e. The van der Waals surface area contributed by atoms with E-state index in [0.29, 0.717) is 19.3 Å². The third-order valence-electron chi connectivity index (χ3n) is 6.34. The highest BCUT2D eigenvalue weighted by atomic mass is 16.5. The number of fused-ring (bicyclic) bond motifs is 1. The molecule has 0 amide bonds. The second kappa shape index (κ2) is 11.1. The lowest BCUT2D eigenvalue weighted by Crippen LogP contribution is -2.41. The molecule has 3 N–H and O–H groups in total. The van der Waals surface area contributed by atoms with Crippen molar-refractivity contribution in [2.75, 3.05) is 0 Å². The molecular formula is C24H38O6. The highest BCUT2D eigenvalue weighted by molar-refractivity contribution is 5.72. The fraction of sp³-hybridized carbons (Fsp3) is 0.750. The second-order valence-electron chi connectivity index (χ2n) is 8.94. The second-order valence-corrected chi connectivity index (χ2v) is 8.94. The maximum atomic E-state index is 12.8. The van der Waals surface area contributed by atoms with Crippen molar-refractivity contribution in [3.05, 3.63) is 23.8 Å². The molecule has 0 bridgehead atoms. The molecule has 0 aromatic carbocycles. The van der Waals surface area contributed by atoms with Gasteiger partial charge < -0.3 is 20.1 Å². The van der Waals surface area contributed by atoms with E-state index in [4.69, 9.17) is 14.0 Å². The lowest BCUT2D eigenvalue weighted by Gasteiger charge is -2.43. The minimum atomic E-state index is -2.41. The predicted octanol–water partition coefficient (Wildman–Crippen LogP) is 3.72. The largest absolute Gasteiger partial charge is 0.481 e. The third kappa shape index (κ3) is 6.67. The summed E-state index contributed by atoms with van der Waals surface area (Å²) < 4.78 is 28.9. The molecule has 170 valence electrons. The summed E-state index contributed by atoms with van der Waals surface area (Å²) in [7, 11) is 0. The molecule has 6 nitrogen and oxygen atoms in total. The smallest absolute Gasteiger partial charge is 0.308 e. The van der Waals surface area contributed by atoms with Crippen LogP contribution in [0.5, 0.6) is 0 Å². The minimum Gasteiger partial charge on any atom is -0.481 e. The van der Waals surface area contributed by atoms with Crippen molar-refractivity contribution in [2.45, 2.75) is 84.5 Å². The van der Waals surface area contributed by atoms with Gasteiger partial charge in [-0.1, -0.05) is 45.9 Å². The third-order valence-corrected chi connectivity index (χ3v) is 6.34. The summed E-state index contributed by atoms with van der Waals surface area (Å²) >= 11 is 0. The van der Waals surface area contributed by atoms with Crippen LogP contribution in [0.4, 0.5) is 0 Å². The Morgan fingerprint density at radius 2 is 2.03 bits per heavy atom. The Morgan fingerprint density at radius 1 is 1.30 bits per heavy atom. The summed E-state index contributed by atoms with van der Waals surface area (Å²) in [5, 5.41) is 29.0. The van der Waals surface area contributed by atoms with Gasteiger partial charge >= 0.3 is 11.9 Å². The molecule has 0 aromatic rings. The van der Waals surface area contributed by atoms with Crippen molar-refractivity contribution in [3.8, 4) is 0 Å². The van der Waals surface area contributed by atoms with E-state index < -0.39 is 49.4 Å². The Kier molecular flexibility index (Phi) is 7.49. The quantitative estimate of drug-likeness (QED) is 0.461. The Balaban J connectivity index is 2.15. The zero-order valence-corrected chi connectivity index (χ0v) is 18.2. The van der Waals surface area contributed by atoms with Crippen LogP contribution < -0.4 is 0 Å². The van der Waals surface area contributed by atoms with Crippen LogP contribution in [0.2, 0.25) is 0 Å². The highest BCUT2D eigenvalue weighted by Crippen LogP contribution is 2.45.